The number of hydrogen-bond acceptors (Lipinski definition) is 1. The quantitative estimate of drug-likeness (QED) is 0.684. The first-order chi connectivity index (χ1) is 6.40. The molecule has 14 heavy (non-hydrogen) atoms. The van der Waals surface area contributed by atoms with Gasteiger partial charge < -0.3 is 9.80 Å². The molecule has 0 aliphatic carbocycles. The molecule has 0 aromatic carbocycles. The molecule has 0 aromatic heterocycles. The Balaban J connectivity index is 4.52. The van der Waals surface area contributed by atoms with Gasteiger partial charge in [0.15, 0.2) is 0 Å². The van der Waals surface area contributed by atoms with Crippen LogP contribution in [0.4, 0.5) is 4.79 Å². The zero-order valence-electron chi connectivity index (χ0n) is 10.4. The van der Waals surface area contributed by atoms with Crippen LogP contribution in [-0.2, 0) is 0 Å². The predicted octanol–water partition coefficient (Wildman–Crippen LogP) is 2.57. The third-order valence-electron chi connectivity index (χ3n) is 3.09. The molecule has 0 atom stereocenters. The van der Waals surface area contributed by atoms with Crippen molar-refractivity contribution in [2.75, 3.05) is 20.1 Å². The van der Waals surface area contributed by atoms with E-state index in [1.54, 1.807) is 0 Å². The smallest absolute Gasteiger partial charge is 0.320 e. The van der Waals surface area contributed by atoms with Gasteiger partial charge >= 0.3 is 6.03 Å². The summed E-state index contributed by atoms with van der Waals surface area (Å²) in [6.07, 6.45) is 0.969. The molecular weight excluding hydrogens is 176 g/mol. The van der Waals surface area contributed by atoms with Crippen LogP contribution in [0.5, 0.6) is 0 Å². The fourth-order valence-corrected chi connectivity index (χ4v) is 1.20. The van der Waals surface area contributed by atoms with E-state index in [1.807, 2.05) is 30.7 Å². The van der Waals surface area contributed by atoms with Gasteiger partial charge in [0.2, 0.25) is 0 Å². The van der Waals surface area contributed by atoms with E-state index in [0.29, 0.717) is 0 Å². The van der Waals surface area contributed by atoms with Crippen molar-refractivity contribution in [3.05, 3.63) is 0 Å². The molecule has 0 radical (unpaired) electrons. The van der Waals surface area contributed by atoms with Crippen LogP contribution < -0.4 is 0 Å². The van der Waals surface area contributed by atoms with Crippen LogP contribution in [0.15, 0.2) is 0 Å². The minimum absolute atomic E-state index is 0.0559. The van der Waals surface area contributed by atoms with E-state index in [9.17, 15) is 4.79 Å². The molecule has 0 unspecified atom stereocenters. The van der Waals surface area contributed by atoms with Gasteiger partial charge in [0.05, 0.1) is 0 Å². The molecule has 0 fully saturated rings. The van der Waals surface area contributed by atoms with Gasteiger partial charge in [-0.15, -0.1) is 0 Å². The van der Waals surface area contributed by atoms with Crippen molar-refractivity contribution in [2.45, 2.75) is 46.6 Å². The Hall–Kier alpha value is -0.730. The van der Waals surface area contributed by atoms with Crippen LogP contribution in [-0.4, -0.2) is 41.5 Å². The van der Waals surface area contributed by atoms with Gasteiger partial charge in [0.1, 0.15) is 0 Å². The third kappa shape index (κ3) is 2.89. The molecule has 0 saturated carbocycles. The summed E-state index contributed by atoms with van der Waals surface area (Å²) in [5.41, 5.74) is -0.0559. The first kappa shape index (κ1) is 13.3. The molecule has 0 saturated heterocycles. The average Bonchev–Trinajstić information content (AvgIpc) is 2.18. The molecule has 0 aromatic rings. The number of hydrogen-bond donors (Lipinski definition) is 0. The Labute approximate surface area is 88.1 Å². The van der Waals surface area contributed by atoms with E-state index in [1.165, 1.54) is 0 Å². The van der Waals surface area contributed by atoms with Crippen LogP contribution in [0, 0.1) is 0 Å². The van der Waals surface area contributed by atoms with Crippen molar-refractivity contribution in [3.8, 4) is 0 Å². The first-order valence-electron chi connectivity index (χ1n) is 5.43. The fraction of sp³-hybridized carbons (Fsp3) is 0.909. The normalized spacial score (nSPS) is 11.3. The minimum Gasteiger partial charge on any atom is -0.325 e. The van der Waals surface area contributed by atoms with Crippen LogP contribution in [0.2, 0.25) is 0 Å². The summed E-state index contributed by atoms with van der Waals surface area (Å²) in [5, 5.41) is 0. The molecule has 0 N–H and O–H groups in total. The Morgan fingerprint density at radius 1 is 1.14 bits per heavy atom. The summed E-state index contributed by atoms with van der Waals surface area (Å²) in [7, 11) is 1.88. The lowest BCUT2D eigenvalue weighted by molar-refractivity contribution is 0.120. The molecule has 0 aliphatic heterocycles. The van der Waals surface area contributed by atoms with Gasteiger partial charge in [-0.1, -0.05) is 6.92 Å². The summed E-state index contributed by atoms with van der Waals surface area (Å²) >= 11 is 0. The third-order valence-corrected chi connectivity index (χ3v) is 3.09. The molecule has 2 amide bonds. The van der Waals surface area contributed by atoms with Gasteiger partial charge in [0.25, 0.3) is 0 Å². The number of carbonyl (C=O) groups is 1. The van der Waals surface area contributed by atoms with Crippen molar-refractivity contribution < 1.29 is 4.79 Å². The molecule has 0 bridgehead atoms. The highest BCUT2D eigenvalue weighted by Crippen LogP contribution is 2.17. The van der Waals surface area contributed by atoms with E-state index >= 15 is 0 Å². The highest BCUT2D eigenvalue weighted by molar-refractivity contribution is 5.74. The second kappa shape index (κ2) is 5.23. The largest absolute Gasteiger partial charge is 0.325 e. The second-order valence-corrected chi connectivity index (χ2v) is 4.18. The molecule has 0 rings (SSSR count). The number of amides is 2. The summed E-state index contributed by atoms with van der Waals surface area (Å²) in [5.74, 6) is 0. The zero-order chi connectivity index (χ0) is 11.4. The van der Waals surface area contributed by atoms with Crippen molar-refractivity contribution in [1.29, 1.82) is 0 Å². The number of carbonyl (C=O) groups excluding carboxylic acids is 1. The van der Waals surface area contributed by atoms with Crippen LogP contribution >= 0.6 is 0 Å². The number of nitrogens with zero attached hydrogens (tertiary/aromatic N) is 2. The highest BCUT2D eigenvalue weighted by Gasteiger charge is 2.27. The molecule has 3 heteroatoms. The number of rotatable bonds is 4. The van der Waals surface area contributed by atoms with Gasteiger partial charge in [0, 0.05) is 25.7 Å². The standard InChI is InChI=1S/C11H24N2O/c1-7-11(4,5)12(6)10(14)13(8-2)9-3/h7-9H2,1-6H3. The zero-order valence-corrected chi connectivity index (χ0v) is 10.4. The Morgan fingerprint density at radius 3 is 1.86 bits per heavy atom. The molecule has 0 aliphatic rings. The maximum atomic E-state index is 12.0. The Kier molecular flexibility index (Phi) is 4.95. The fourth-order valence-electron chi connectivity index (χ4n) is 1.20. The van der Waals surface area contributed by atoms with Crippen molar-refractivity contribution in [2.24, 2.45) is 0 Å². The molecule has 0 heterocycles. The SMILES string of the molecule is CCN(CC)C(=O)N(C)C(C)(C)CC. The minimum atomic E-state index is -0.0559. The Bertz CT molecular complexity index is 186. The van der Waals surface area contributed by atoms with Gasteiger partial charge in [-0.3, -0.25) is 0 Å². The van der Waals surface area contributed by atoms with Crippen molar-refractivity contribution >= 4 is 6.03 Å². The summed E-state index contributed by atoms with van der Waals surface area (Å²) < 4.78 is 0. The molecule has 0 spiro atoms. The Morgan fingerprint density at radius 2 is 1.57 bits per heavy atom. The monoisotopic (exact) mass is 200 g/mol. The maximum absolute atomic E-state index is 12.0. The maximum Gasteiger partial charge on any atom is 0.320 e. The van der Waals surface area contributed by atoms with E-state index in [2.05, 4.69) is 20.8 Å². The molecule has 3 nitrogen and oxygen atoms in total. The van der Waals surface area contributed by atoms with Crippen LogP contribution in [0.3, 0.4) is 0 Å². The van der Waals surface area contributed by atoms with E-state index in [-0.39, 0.29) is 11.6 Å². The lowest BCUT2D eigenvalue weighted by Crippen LogP contribution is -2.50. The predicted molar refractivity (Wildman–Crippen MR) is 60.5 cm³/mol. The lowest BCUT2D eigenvalue weighted by atomic mass is 10.0. The average molecular weight is 200 g/mol. The second-order valence-electron chi connectivity index (χ2n) is 4.18. The molecule has 84 valence electrons. The van der Waals surface area contributed by atoms with E-state index in [0.717, 1.165) is 19.5 Å². The van der Waals surface area contributed by atoms with E-state index in [4.69, 9.17) is 0 Å². The van der Waals surface area contributed by atoms with Crippen LogP contribution in [0.25, 0.3) is 0 Å². The summed E-state index contributed by atoms with van der Waals surface area (Å²) in [6, 6.07) is 0.127. The van der Waals surface area contributed by atoms with Gasteiger partial charge in [-0.25, -0.2) is 4.79 Å². The number of urea groups is 1. The highest BCUT2D eigenvalue weighted by atomic mass is 16.2. The lowest BCUT2D eigenvalue weighted by Gasteiger charge is -2.38. The molecular formula is C11H24N2O. The van der Waals surface area contributed by atoms with E-state index < -0.39 is 0 Å². The van der Waals surface area contributed by atoms with Crippen molar-refractivity contribution in [1.82, 2.24) is 9.80 Å². The first-order valence-corrected chi connectivity index (χ1v) is 5.43. The van der Waals surface area contributed by atoms with Gasteiger partial charge in [-0.05, 0) is 34.1 Å². The van der Waals surface area contributed by atoms with Gasteiger partial charge in [-0.2, -0.15) is 0 Å². The summed E-state index contributed by atoms with van der Waals surface area (Å²) in [6.45, 7) is 11.9. The summed E-state index contributed by atoms with van der Waals surface area (Å²) in [4.78, 5) is 15.6. The topological polar surface area (TPSA) is 23.6 Å². The van der Waals surface area contributed by atoms with Crippen molar-refractivity contribution in [3.63, 3.8) is 0 Å². The van der Waals surface area contributed by atoms with Crippen LogP contribution in [0.1, 0.15) is 41.0 Å².